The van der Waals surface area contributed by atoms with Crippen LogP contribution in [0.5, 0.6) is 0 Å². The minimum atomic E-state index is 0. The second-order valence-corrected chi connectivity index (χ2v) is 7.00. The van der Waals surface area contributed by atoms with Crippen molar-refractivity contribution in [2.75, 3.05) is 18.8 Å². The average Bonchev–Trinajstić information content (AvgIpc) is 2.49. The van der Waals surface area contributed by atoms with E-state index in [-0.39, 0.29) is 30.3 Å². The highest BCUT2D eigenvalue weighted by Gasteiger charge is 2.27. The number of carbonyl (C=O) groups excluding carboxylic acids is 1. The quantitative estimate of drug-likeness (QED) is 0.861. The standard InChI is InChI=1S/C15H19ClN2OS.ClH/c16-11-3-4-14-12(8-11)13(5-7-20-14)18-15(19)10-2-1-6-17-9-10;/h3-4,8,10,13,17H,1-2,5-7,9H2,(H,18,19);1H/t10-,13?;/m1./s1. The minimum absolute atomic E-state index is 0. The predicted octanol–water partition coefficient (Wildman–Crippen LogP) is 3.41. The van der Waals surface area contributed by atoms with E-state index in [1.165, 1.54) is 10.5 Å². The molecule has 2 aliphatic heterocycles. The first kappa shape index (κ1) is 16.9. The van der Waals surface area contributed by atoms with Crippen molar-refractivity contribution >= 4 is 41.7 Å². The Morgan fingerprint density at radius 3 is 3.00 bits per heavy atom. The maximum absolute atomic E-state index is 12.4. The van der Waals surface area contributed by atoms with Gasteiger partial charge in [0.15, 0.2) is 0 Å². The fourth-order valence-electron chi connectivity index (χ4n) is 2.88. The molecule has 116 valence electrons. The van der Waals surface area contributed by atoms with Gasteiger partial charge in [-0.25, -0.2) is 0 Å². The molecule has 3 rings (SSSR count). The number of amides is 1. The van der Waals surface area contributed by atoms with Gasteiger partial charge in [0.1, 0.15) is 0 Å². The van der Waals surface area contributed by atoms with Gasteiger partial charge in [0, 0.05) is 22.2 Å². The third kappa shape index (κ3) is 4.07. The van der Waals surface area contributed by atoms with Crippen LogP contribution in [0.2, 0.25) is 5.02 Å². The van der Waals surface area contributed by atoms with Crippen molar-refractivity contribution in [2.24, 2.45) is 5.92 Å². The highest BCUT2D eigenvalue weighted by Crippen LogP contribution is 2.37. The summed E-state index contributed by atoms with van der Waals surface area (Å²) >= 11 is 7.94. The Hall–Kier alpha value is -0.420. The van der Waals surface area contributed by atoms with E-state index in [4.69, 9.17) is 11.6 Å². The Morgan fingerprint density at radius 2 is 2.24 bits per heavy atom. The molecule has 2 aliphatic rings. The fraction of sp³-hybridized carbons (Fsp3) is 0.533. The second-order valence-electron chi connectivity index (χ2n) is 5.42. The Bertz CT molecular complexity index is 506. The molecular weight excluding hydrogens is 327 g/mol. The first-order valence-electron chi connectivity index (χ1n) is 7.17. The zero-order valence-corrected chi connectivity index (χ0v) is 14.1. The monoisotopic (exact) mass is 346 g/mol. The number of rotatable bonds is 2. The van der Waals surface area contributed by atoms with E-state index in [2.05, 4.69) is 16.7 Å². The number of piperidine rings is 1. The van der Waals surface area contributed by atoms with Crippen LogP contribution in [0.25, 0.3) is 0 Å². The molecule has 1 amide bonds. The first-order chi connectivity index (χ1) is 9.74. The molecule has 3 nitrogen and oxygen atoms in total. The Labute approximate surface area is 141 Å². The molecule has 2 atom stereocenters. The van der Waals surface area contributed by atoms with E-state index in [1.807, 2.05) is 23.9 Å². The molecule has 0 saturated carbocycles. The van der Waals surface area contributed by atoms with Gasteiger partial charge < -0.3 is 10.6 Å². The molecule has 6 heteroatoms. The summed E-state index contributed by atoms with van der Waals surface area (Å²) < 4.78 is 0. The van der Waals surface area contributed by atoms with Gasteiger partial charge >= 0.3 is 0 Å². The zero-order chi connectivity index (χ0) is 13.9. The number of thioether (sulfide) groups is 1. The van der Waals surface area contributed by atoms with Gasteiger partial charge in [-0.05, 0) is 49.6 Å². The van der Waals surface area contributed by atoms with Crippen LogP contribution in [0.4, 0.5) is 0 Å². The summed E-state index contributed by atoms with van der Waals surface area (Å²) in [6.45, 7) is 1.83. The first-order valence-corrected chi connectivity index (χ1v) is 8.54. The summed E-state index contributed by atoms with van der Waals surface area (Å²) in [5.74, 6) is 1.34. The topological polar surface area (TPSA) is 41.1 Å². The van der Waals surface area contributed by atoms with Gasteiger partial charge in [0.2, 0.25) is 5.91 Å². The molecule has 1 aromatic rings. The van der Waals surface area contributed by atoms with Crippen LogP contribution in [0.15, 0.2) is 23.1 Å². The fourth-order valence-corrected chi connectivity index (χ4v) is 4.17. The zero-order valence-electron chi connectivity index (χ0n) is 11.7. The van der Waals surface area contributed by atoms with Crippen LogP contribution < -0.4 is 10.6 Å². The summed E-state index contributed by atoms with van der Waals surface area (Å²) in [4.78, 5) is 13.6. The highest BCUT2D eigenvalue weighted by atomic mass is 35.5. The predicted molar refractivity (Wildman–Crippen MR) is 90.5 cm³/mol. The van der Waals surface area contributed by atoms with Gasteiger partial charge in [-0.1, -0.05) is 11.6 Å². The van der Waals surface area contributed by atoms with Crippen molar-refractivity contribution in [1.29, 1.82) is 0 Å². The van der Waals surface area contributed by atoms with Crippen LogP contribution in [0.3, 0.4) is 0 Å². The normalized spacial score (nSPS) is 24.6. The highest BCUT2D eigenvalue weighted by molar-refractivity contribution is 7.99. The average molecular weight is 347 g/mol. The van der Waals surface area contributed by atoms with Crippen molar-refractivity contribution < 1.29 is 4.79 Å². The molecule has 2 heterocycles. The summed E-state index contributed by atoms with van der Waals surface area (Å²) in [5, 5.41) is 7.26. The lowest BCUT2D eigenvalue weighted by Crippen LogP contribution is -2.42. The molecule has 0 bridgehead atoms. The Morgan fingerprint density at radius 1 is 1.38 bits per heavy atom. The van der Waals surface area contributed by atoms with E-state index in [0.717, 1.165) is 43.1 Å². The van der Waals surface area contributed by atoms with Crippen molar-refractivity contribution in [2.45, 2.75) is 30.2 Å². The van der Waals surface area contributed by atoms with Crippen molar-refractivity contribution in [1.82, 2.24) is 10.6 Å². The molecule has 21 heavy (non-hydrogen) atoms. The molecule has 1 fully saturated rings. The van der Waals surface area contributed by atoms with E-state index in [1.54, 1.807) is 0 Å². The number of hydrogen-bond acceptors (Lipinski definition) is 3. The summed E-state index contributed by atoms with van der Waals surface area (Å²) in [6, 6.07) is 6.08. The molecule has 0 aromatic heterocycles. The number of halogens is 2. The van der Waals surface area contributed by atoms with E-state index in [9.17, 15) is 4.79 Å². The van der Waals surface area contributed by atoms with Crippen LogP contribution in [0, 0.1) is 5.92 Å². The molecule has 0 radical (unpaired) electrons. The van der Waals surface area contributed by atoms with Gasteiger partial charge in [0.05, 0.1) is 12.0 Å². The molecular formula is C15H20Cl2N2OS. The van der Waals surface area contributed by atoms with Crippen LogP contribution >= 0.6 is 35.8 Å². The third-order valence-electron chi connectivity index (χ3n) is 4.00. The number of carbonyl (C=O) groups is 1. The molecule has 1 saturated heterocycles. The van der Waals surface area contributed by atoms with Crippen LogP contribution in [0.1, 0.15) is 30.9 Å². The van der Waals surface area contributed by atoms with Crippen molar-refractivity contribution in [3.05, 3.63) is 28.8 Å². The summed E-state index contributed by atoms with van der Waals surface area (Å²) in [5.41, 5.74) is 1.17. The van der Waals surface area contributed by atoms with Gasteiger partial charge in [-0.3, -0.25) is 4.79 Å². The molecule has 1 aromatic carbocycles. The number of benzene rings is 1. The minimum Gasteiger partial charge on any atom is -0.349 e. The summed E-state index contributed by atoms with van der Waals surface area (Å²) in [6.07, 6.45) is 3.05. The lowest BCUT2D eigenvalue weighted by atomic mass is 9.97. The number of nitrogens with one attached hydrogen (secondary N) is 2. The van der Waals surface area contributed by atoms with E-state index < -0.39 is 0 Å². The summed E-state index contributed by atoms with van der Waals surface area (Å²) in [7, 11) is 0. The van der Waals surface area contributed by atoms with Crippen molar-refractivity contribution in [3.8, 4) is 0 Å². The lowest BCUT2D eigenvalue weighted by Gasteiger charge is -2.29. The second kappa shape index (κ2) is 7.73. The molecule has 0 spiro atoms. The number of fused-ring (bicyclic) bond motifs is 1. The lowest BCUT2D eigenvalue weighted by molar-refractivity contribution is -0.126. The van der Waals surface area contributed by atoms with E-state index >= 15 is 0 Å². The molecule has 1 unspecified atom stereocenters. The maximum atomic E-state index is 12.4. The Balaban J connectivity index is 0.00000161. The largest absolute Gasteiger partial charge is 0.349 e. The van der Waals surface area contributed by atoms with Crippen LogP contribution in [-0.4, -0.2) is 24.7 Å². The SMILES string of the molecule is Cl.O=C(NC1CCSc2ccc(Cl)cc21)[C@@H]1CCCNC1. The van der Waals surface area contributed by atoms with E-state index in [0.29, 0.717) is 0 Å². The van der Waals surface area contributed by atoms with Gasteiger partial charge in [-0.2, -0.15) is 0 Å². The third-order valence-corrected chi connectivity index (χ3v) is 5.35. The smallest absolute Gasteiger partial charge is 0.224 e. The molecule has 0 aliphatic carbocycles. The maximum Gasteiger partial charge on any atom is 0.224 e. The Kier molecular flexibility index (Phi) is 6.23. The number of hydrogen-bond donors (Lipinski definition) is 2. The van der Waals surface area contributed by atoms with Gasteiger partial charge in [-0.15, -0.1) is 24.2 Å². The van der Waals surface area contributed by atoms with Gasteiger partial charge in [0.25, 0.3) is 0 Å². The van der Waals surface area contributed by atoms with Crippen LogP contribution in [-0.2, 0) is 4.79 Å². The molecule has 2 N–H and O–H groups in total. The van der Waals surface area contributed by atoms with Crippen molar-refractivity contribution in [3.63, 3.8) is 0 Å².